The molecule has 0 saturated heterocycles. The van der Waals surface area contributed by atoms with Gasteiger partial charge in [-0.05, 0) is 23.6 Å². The van der Waals surface area contributed by atoms with Crippen LogP contribution in [0.4, 0.5) is 5.69 Å². The van der Waals surface area contributed by atoms with Crippen LogP contribution in [0.1, 0.15) is 20.8 Å². The van der Waals surface area contributed by atoms with E-state index in [1.54, 1.807) is 0 Å². The van der Waals surface area contributed by atoms with Crippen molar-refractivity contribution in [3.63, 3.8) is 0 Å². The summed E-state index contributed by atoms with van der Waals surface area (Å²) in [6.07, 6.45) is 0. The number of aliphatic imine (C=N–C) groups is 1. The van der Waals surface area contributed by atoms with Crippen LogP contribution in [0.25, 0.3) is 0 Å². The van der Waals surface area contributed by atoms with Crippen LogP contribution in [0, 0.1) is 5.41 Å². The molecule has 0 amide bonds. The summed E-state index contributed by atoms with van der Waals surface area (Å²) in [5.41, 5.74) is 7.11. The van der Waals surface area contributed by atoms with Crippen molar-refractivity contribution in [2.24, 2.45) is 16.1 Å². The zero-order valence-corrected chi connectivity index (χ0v) is 11.2. The maximum Gasteiger partial charge on any atom is 0.196 e. The van der Waals surface area contributed by atoms with E-state index < -0.39 is 0 Å². The van der Waals surface area contributed by atoms with Gasteiger partial charge in [-0.2, -0.15) is 0 Å². The quantitative estimate of drug-likeness (QED) is 0.834. The van der Waals surface area contributed by atoms with Gasteiger partial charge < -0.3 is 10.6 Å². The van der Waals surface area contributed by atoms with Crippen LogP contribution in [0.3, 0.4) is 0 Å². The molecule has 0 saturated carbocycles. The lowest BCUT2D eigenvalue weighted by molar-refractivity contribution is 0.336. The molecule has 1 heterocycles. The predicted molar refractivity (Wildman–Crippen MR) is 73.7 cm³/mol. The molecule has 4 heteroatoms. The number of anilines is 1. The number of benzene rings is 1. The third-order valence-corrected chi connectivity index (χ3v) is 3.31. The molecule has 1 unspecified atom stereocenters. The topological polar surface area (TPSA) is 41.6 Å². The first-order valence-electron chi connectivity index (χ1n) is 5.74. The van der Waals surface area contributed by atoms with Crippen molar-refractivity contribution in [1.82, 2.24) is 0 Å². The Labute approximate surface area is 107 Å². The smallest absolute Gasteiger partial charge is 0.196 e. The predicted octanol–water partition coefficient (Wildman–Crippen LogP) is 2.89. The molecule has 0 bridgehead atoms. The van der Waals surface area contributed by atoms with E-state index in [2.05, 4.69) is 30.7 Å². The summed E-state index contributed by atoms with van der Waals surface area (Å²) in [5, 5.41) is 0.717. The van der Waals surface area contributed by atoms with E-state index in [0.717, 1.165) is 17.3 Å². The minimum atomic E-state index is 0.118. The minimum absolute atomic E-state index is 0.118. The highest BCUT2D eigenvalue weighted by molar-refractivity contribution is 6.30. The van der Waals surface area contributed by atoms with Gasteiger partial charge in [0, 0.05) is 10.7 Å². The highest BCUT2D eigenvalue weighted by Crippen LogP contribution is 2.32. The van der Waals surface area contributed by atoms with Crippen LogP contribution in [0.15, 0.2) is 29.3 Å². The van der Waals surface area contributed by atoms with Crippen molar-refractivity contribution >= 4 is 23.2 Å². The van der Waals surface area contributed by atoms with Crippen molar-refractivity contribution < 1.29 is 0 Å². The Morgan fingerprint density at radius 1 is 1.41 bits per heavy atom. The molecule has 1 aromatic rings. The molecule has 0 radical (unpaired) electrons. The molecule has 2 rings (SSSR count). The van der Waals surface area contributed by atoms with Crippen molar-refractivity contribution in [3.8, 4) is 0 Å². The molecular weight excluding hydrogens is 234 g/mol. The Bertz CT molecular complexity index is 448. The van der Waals surface area contributed by atoms with Crippen LogP contribution in [-0.2, 0) is 0 Å². The maximum atomic E-state index is 6.03. The molecular formula is C13H18ClN3. The van der Waals surface area contributed by atoms with E-state index >= 15 is 0 Å². The second-order valence-corrected chi connectivity index (χ2v) is 5.87. The lowest BCUT2D eigenvalue weighted by Crippen LogP contribution is -2.47. The number of guanidine groups is 1. The first-order valence-corrected chi connectivity index (χ1v) is 6.12. The summed E-state index contributed by atoms with van der Waals surface area (Å²) in [5.74, 6) is 0.576. The molecule has 1 aliphatic rings. The first-order chi connectivity index (χ1) is 7.89. The van der Waals surface area contributed by atoms with E-state index in [9.17, 15) is 0 Å². The Kier molecular flexibility index (Phi) is 3.04. The first kappa shape index (κ1) is 12.2. The van der Waals surface area contributed by atoms with Gasteiger partial charge in [0.2, 0.25) is 0 Å². The molecule has 3 nitrogen and oxygen atoms in total. The normalized spacial score (nSPS) is 20.6. The number of nitrogens with zero attached hydrogens (tertiary/aromatic N) is 2. The number of hydrogen-bond donors (Lipinski definition) is 1. The second kappa shape index (κ2) is 4.22. The number of nitrogens with two attached hydrogens (primary N) is 1. The fourth-order valence-corrected chi connectivity index (χ4v) is 2.28. The van der Waals surface area contributed by atoms with E-state index in [1.807, 2.05) is 24.3 Å². The number of rotatable bonds is 1. The van der Waals surface area contributed by atoms with Crippen molar-refractivity contribution in [3.05, 3.63) is 29.3 Å². The van der Waals surface area contributed by atoms with E-state index in [1.165, 1.54) is 0 Å². The Morgan fingerprint density at radius 2 is 2.12 bits per heavy atom. The van der Waals surface area contributed by atoms with Crippen LogP contribution < -0.4 is 10.6 Å². The van der Waals surface area contributed by atoms with Gasteiger partial charge in [-0.1, -0.05) is 38.4 Å². The van der Waals surface area contributed by atoms with Crippen molar-refractivity contribution in [2.75, 3.05) is 11.4 Å². The van der Waals surface area contributed by atoms with Gasteiger partial charge in [0.25, 0.3) is 0 Å². The third-order valence-electron chi connectivity index (χ3n) is 3.07. The zero-order chi connectivity index (χ0) is 12.6. The molecule has 1 aromatic carbocycles. The third kappa shape index (κ3) is 2.39. The molecule has 17 heavy (non-hydrogen) atoms. The van der Waals surface area contributed by atoms with Crippen LogP contribution >= 0.6 is 11.6 Å². The monoisotopic (exact) mass is 251 g/mol. The summed E-state index contributed by atoms with van der Waals surface area (Å²) in [4.78, 5) is 6.42. The highest BCUT2D eigenvalue weighted by Gasteiger charge is 2.36. The Balaban J connectivity index is 2.38. The van der Waals surface area contributed by atoms with Crippen LogP contribution in [0.5, 0.6) is 0 Å². The average molecular weight is 252 g/mol. The van der Waals surface area contributed by atoms with Crippen molar-refractivity contribution in [2.45, 2.75) is 26.8 Å². The number of halogens is 1. The second-order valence-electron chi connectivity index (χ2n) is 5.43. The van der Waals surface area contributed by atoms with Crippen LogP contribution in [-0.4, -0.2) is 18.5 Å². The summed E-state index contributed by atoms with van der Waals surface area (Å²) >= 11 is 6.03. The molecule has 2 N–H and O–H groups in total. The lowest BCUT2D eigenvalue weighted by Gasteiger charge is -2.35. The molecule has 1 aliphatic heterocycles. The fourth-order valence-electron chi connectivity index (χ4n) is 2.10. The zero-order valence-electron chi connectivity index (χ0n) is 10.4. The highest BCUT2D eigenvalue weighted by atomic mass is 35.5. The molecule has 0 spiro atoms. The largest absolute Gasteiger partial charge is 0.370 e. The van der Waals surface area contributed by atoms with E-state index in [-0.39, 0.29) is 11.5 Å². The van der Waals surface area contributed by atoms with Gasteiger partial charge in [0.05, 0.1) is 12.6 Å². The van der Waals surface area contributed by atoms with Gasteiger partial charge in [0.1, 0.15) is 0 Å². The SMILES string of the molecule is CC(C)(C)C1CN=C(N)N1c1cccc(Cl)c1. The fraction of sp³-hybridized carbons (Fsp3) is 0.462. The van der Waals surface area contributed by atoms with E-state index in [4.69, 9.17) is 17.3 Å². The average Bonchev–Trinajstić information content (AvgIpc) is 2.59. The van der Waals surface area contributed by atoms with Gasteiger partial charge in [0.15, 0.2) is 5.96 Å². The minimum Gasteiger partial charge on any atom is -0.370 e. The Hall–Kier alpha value is -1.22. The lowest BCUT2D eigenvalue weighted by atomic mass is 9.86. The molecule has 0 aliphatic carbocycles. The maximum absolute atomic E-state index is 6.03. The van der Waals surface area contributed by atoms with E-state index in [0.29, 0.717) is 5.96 Å². The summed E-state index contributed by atoms with van der Waals surface area (Å²) in [7, 11) is 0. The number of hydrogen-bond acceptors (Lipinski definition) is 3. The van der Waals surface area contributed by atoms with Gasteiger partial charge in [-0.3, -0.25) is 4.99 Å². The van der Waals surface area contributed by atoms with Gasteiger partial charge in [-0.15, -0.1) is 0 Å². The van der Waals surface area contributed by atoms with Gasteiger partial charge >= 0.3 is 0 Å². The van der Waals surface area contributed by atoms with Gasteiger partial charge in [-0.25, -0.2) is 0 Å². The molecule has 0 aromatic heterocycles. The summed E-state index contributed by atoms with van der Waals surface area (Å²) < 4.78 is 0. The molecule has 1 atom stereocenters. The summed E-state index contributed by atoms with van der Waals surface area (Å²) in [6.45, 7) is 7.33. The molecule has 92 valence electrons. The standard InChI is InChI=1S/C13H18ClN3/c1-13(2,3)11-8-16-12(15)17(11)10-6-4-5-9(14)7-10/h4-7,11H,8H2,1-3H3,(H2,15,16). The van der Waals surface area contributed by atoms with Crippen LogP contribution in [0.2, 0.25) is 5.02 Å². The van der Waals surface area contributed by atoms with Crippen molar-refractivity contribution in [1.29, 1.82) is 0 Å². The summed E-state index contributed by atoms with van der Waals surface area (Å²) in [6, 6.07) is 8.01. The molecule has 0 fully saturated rings. The Morgan fingerprint density at radius 3 is 2.71 bits per heavy atom.